The van der Waals surface area contributed by atoms with Gasteiger partial charge in [0.15, 0.2) is 5.60 Å². The Morgan fingerprint density at radius 3 is 2.53 bits per heavy atom. The van der Waals surface area contributed by atoms with E-state index in [4.69, 9.17) is 0 Å². The zero-order chi connectivity index (χ0) is 23.4. The van der Waals surface area contributed by atoms with E-state index in [1.54, 1.807) is 30.3 Å². The molecule has 1 heterocycles. The highest BCUT2D eigenvalue weighted by Crippen LogP contribution is 2.54. The summed E-state index contributed by atoms with van der Waals surface area (Å²) in [6.07, 6.45) is -3.31. The van der Waals surface area contributed by atoms with Crippen LogP contribution in [-0.4, -0.2) is 21.9 Å². The summed E-state index contributed by atoms with van der Waals surface area (Å²) in [5.41, 5.74) is 1.33. The Hall–Kier alpha value is -2.80. The van der Waals surface area contributed by atoms with Gasteiger partial charge in [0.1, 0.15) is 0 Å². The molecule has 32 heavy (non-hydrogen) atoms. The monoisotopic (exact) mass is 444 g/mol. The maximum atomic E-state index is 14.4. The molecule has 0 unspecified atom stereocenters. The van der Waals surface area contributed by atoms with Gasteiger partial charge in [-0.25, -0.2) is 0 Å². The Morgan fingerprint density at radius 2 is 1.88 bits per heavy atom. The zero-order valence-electron chi connectivity index (χ0n) is 18.5. The van der Waals surface area contributed by atoms with Gasteiger partial charge in [0.2, 0.25) is 0 Å². The summed E-state index contributed by atoms with van der Waals surface area (Å²) in [6.45, 7) is 7.64. The molecule has 0 saturated heterocycles. The van der Waals surface area contributed by atoms with Crippen LogP contribution in [0.3, 0.4) is 0 Å². The SMILES string of the molecule is CC[C@H]1C[C@](O)(C(F)(F)F)[C@@H](Nc2cccc3c(=O)[nH]ccc23)c2cc(C)c(C)c(C)c21. The smallest absolute Gasteiger partial charge is 0.379 e. The van der Waals surface area contributed by atoms with Crippen LogP contribution in [0.25, 0.3) is 10.8 Å². The van der Waals surface area contributed by atoms with Gasteiger partial charge in [-0.1, -0.05) is 19.1 Å². The molecule has 7 heteroatoms. The molecule has 3 aromatic rings. The molecule has 0 saturated carbocycles. The first-order chi connectivity index (χ1) is 15.0. The lowest BCUT2D eigenvalue weighted by Gasteiger charge is -2.46. The number of aryl methyl sites for hydroxylation is 1. The first-order valence-electron chi connectivity index (χ1n) is 10.8. The number of anilines is 1. The van der Waals surface area contributed by atoms with Crippen molar-refractivity contribution in [3.63, 3.8) is 0 Å². The van der Waals surface area contributed by atoms with Crippen LogP contribution in [0, 0.1) is 20.8 Å². The summed E-state index contributed by atoms with van der Waals surface area (Å²) in [4.78, 5) is 14.8. The lowest BCUT2D eigenvalue weighted by Crippen LogP contribution is -2.55. The maximum Gasteiger partial charge on any atom is 0.419 e. The van der Waals surface area contributed by atoms with Gasteiger partial charge in [0, 0.05) is 22.7 Å². The number of hydrogen-bond acceptors (Lipinski definition) is 3. The molecule has 2 aromatic carbocycles. The van der Waals surface area contributed by atoms with Gasteiger partial charge in [-0.2, -0.15) is 13.2 Å². The first kappa shape index (κ1) is 22.4. The first-order valence-corrected chi connectivity index (χ1v) is 10.8. The van der Waals surface area contributed by atoms with Crippen LogP contribution in [0.2, 0.25) is 0 Å². The number of rotatable bonds is 3. The fraction of sp³-hybridized carbons (Fsp3) is 0.400. The molecule has 3 atom stereocenters. The van der Waals surface area contributed by atoms with E-state index >= 15 is 0 Å². The highest BCUT2D eigenvalue weighted by atomic mass is 19.4. The van der Waals surface area contributed by atoms with Crippen molar-refractivity contribution >= 4 is 16.5 Å². The van der Waals surface area contributed by atoms with Crippen molar-refractivity contribution < 1.29 is 18.3 Å². The fourth-order valence-electron chi connectivity index (χ4n) is 5.09. The normalized spacial score (nSPS) is 23.2. The molecule has 0 bridgehead atoms. The Bertz CT molecular complexity index is 1250. The van der Waals surface area contributed by atoms with Gasteiger partial charge in [-0.3, -0.25) is 4.79 Å². The second kappa shape index (κ2) is 7.66. The van der Waals surface area contributed by atoms with E-state index in [0.29, 0.717) is 28.4 Å². The standard InChI is InChI=1S/C25H27F3N2O2/c1-5-16-12-24(32,25(26,27)28)22(19-11-13(2)14(3)15(4)21(16)19)30-20-8-6-7-18-17(20)9-10-29-23(18)31/h6-11,16,22,30,32H,5,12H2,1-4H3,(H,29,31)/t16-,22-,24+/m0/s1. The van der Waals surface area contributed by atoms with Crippen LogP contribution < -0.4 is 10.9 Å². The average Bonchev–Trinajstić information content (AvgIpc) is 2.73. The fourth-order valence-corrected chi connectivity index (χ4v) is 5.09. The largest absolute Gasteiger partial charge is 0.419 e. The van der Waals surface area contributed by atoms with E-state index in [1.807, 2.05) is 27.7 Å². The number of nitrogens with one attached hydrogen (secondary N) is 2. The second-order valence-electron chi connectivity index (χ2n) is 8.83. The molecule has 0 fully saturated rings. The number of aromatic nitrogens is 1. The van der Waals surface area contributed by atoms with E-state index in [9.17, 15) is 23.1 Å². The number of fused-ring (bicyclic) bond motifs is 2. The van der Waals surface area contributed by atoms with Crippen molar-refractivity contribution in [3.05, 3.63) is 74.7 Å². The van der Waals surface area contributed by atoms with Crippen molar-refractivity contribution in [2.75, 3.05) is 5.32 Å². The topological polar surface area (TPSA) is 65.1 Å². The minimum atomic E-state index is -4.84. The Labute approximate surface area is 184 Å². The molecular weight excluding hydrogens is 417 g/mol. The molecule has 1 aliphatic rings. The lowest BCUT2D eigenvalue weighted by atomic mass is 9.67. The Morgan fingerprint density at radius 1 is 1.16 bits per heavy atom. The third-order valence-electron chi connectivity index (χ3n) is 7.09. The average molecular weight is 444 g/mol. The predicted molar refractivity (Wildman–Crippen MR) is 120 cm³/mol. The van der Waals surface area contributed by atoms with Crippen LogP contribution in [-0.2, 0) is 0 Å². The second-order valence-corrected chi connectivity index (χ2v) is 8.83. The number of alkyl halides is 3. The summed E-state index contributed by atoms with van der Waals surface area (Å²) >= 11 is 0. The Kier molecular flexibility index (Phi) is 5.36. The molecular formula is C25H27F3N2O2. The van der Waals surface area contributed by atoms with E-state index in [0.717, 1.165) is 22.3 Å². The molecule has 170 valence electrons. The molecule has 4 rings (SSSR count). The quantitative estimate of drug-likeness (QED) is 0.479. The van der Waals surface area contributed by atoms with E-state index < -0.39 is 30.2 Å². The highest BCUT2D eigenvalue weighted by Gasteiger charge is 2.62. The van der Waals surface area contributed by atoms with Gasteiger partial charge >= 0.3 is 6.18 Å². The predicted octanol–water partition coefficient (Wildman–Crippen LogP) is 5.80. The Balaban J connectivity index is 1.98. The van der Waals surface area contributed by atoms with Crippen LogP contribution in [0.5, 0.6) is 0 Å². The molecule has 3 N–H and O–H groups in total. The summed E-state index contributed by atoms with van der Waals surface area (Å²) in [6, 6.07) is 6.88. The summed E-state index contributed by atoms with van der Waals surface area (Å²) in [5.74, 6) is -0.413. The highest BCUT2D eigenvalue weighted by molar-refractivity contribution is 5.93. The van der Waals surface area contributed by atoms with Gasteiger partial charge in [-0.05, 0) is 85.5 Å². The number of hydrogen-bond donors (Lipinski definition) is 3. The van der Waals surface area contributed by atoms with Crippen molar-refractivity contribution in [2.45, 2.75) is 64.3 Å². The van der Waals surface area contributed by atoms with Crippen LogP contribution in [0.4, 0.5) is 18.9 Å². The number of H-pyrrole nitrogens is 1. The molecule has 0 spiro atoms. The van der Waals surface area contributed by atoms with E-state index in [1.165, 1.54) is 6.20 Å². The van der Waals surface area contributed by atoms with Gasteiger partial charge < -0.3 is 15.4 Å². The van der Waals surface area contributed by atoms with Crippen LogP contribution in [0.15, 0.2) is 41.3 Å². The van der Waals surface area contributed by atoms with Gasteiger partial charge in [-0.15, -0.1) is 0 Å². The van der Waals surface area contributed by atoms with Gasteiger partial charge in [0.05, 0.1) is 6.04 Å². The maximum absolute atomic E-state index is 14.4. The number of aromatic amines is 1. The zero-order valence-corrected chi connectivity index (χ0v) is 18.5. The molecule has 1 aliphatic carbocycles. The van der Waals surface area contributed by atoms with Gasteiger partial charge in [0.25, 0.3) is 5.56 Å². The minimum absolute atomic E-state index is 0.324. The number of aliphatic hydroxyl groups is 1. The van der Waals surface area contributed by atoms with Crippen molar-refractivity contribution in [2.24, 2.45) is 0 Å². The third kappa shape index (κ3) is 3.30. The van der Waals surface area contributed by atoms with Crippen molar-refractivity contribution in [1.82, 2.24) is 4.98 Å². The molecule has 0 aliphatic heterocycles. The number of pyridine rings is 1. The van der Waals surface area contributed by atoms with E-state index in [2.05, 4.69) is 10.3 Å². The third-order valence-corrected chi connectivity index (χ3v) is 7.09. The molecule has 1 aromatic heterocycles. The van der Waals surface area contributed by atoms with Crippen LogP contribution >= 0.6 is 0 Å². The summed E-state index contributed by atoms with van der Waals surface area (Å²) in [7, 11) is 0. The summed E-state index contributed by atoms with van der Waals surface area (Å²) in [5, 5.41) is 15.1. The van der Waals surface area contributed by atoms with Crippen LogP contribution in [0.1, 0.15) is 59.5 Å². The van der Waals surface area contributed by atoms with E-state index in [-0.39, 0.29) is 5.56 Å². The summed E-state index contributed by atoms with van der Waals surface area (Å²) < 4.78 is 43.2. The number of halogens is 3. The molecule has 0 amide bonds. The molecule has 0 radical (unpaired) electrons. The molecule has 4 nitrogen and oxygen atoms in total. The minimum Gasteiger partial charge on any atom is -0.379 e. The van der Waals surface area contributed by atoms with Crippen molar-refractivity contribution in [1.29, 1.82) is 0 Å². The number of benzene rings is 2. The lowest BCUT2D eigenvalue weighted by molar-refractivity contribution is -0.272. The van der Waals surface area contributed by atoms with Crippen molar-refractivity contribution in [3.8, 4) is 0 Å².